The van der Waals surface area contributed by atoms with Gasteiger partial charge >= 0.3 is 0 Å². The van der Waals surface area contributed by atoms with E-state index in [1.165, 1.54) is 23.9 Å². The normalized spacial score (nSPS) is 10.5. The molecule has 0 radical (unpaired) electrons. The number of para-hydroxylation sites is 2. The quantitative estimate of drug-likeness (QED) is 0.742. The van der Waals surface area contributed by atoms with Crippen molar-refractivity contribution in [2.75, 3.05) is 18.2 Å². The molecule has 0 saturated heterocycles. The Balaban J connectivity index is 1.78. The summed E-state index contributed by atoms with van der Waals surface area (Å²) in [5, 5.41) is 10.4. The van der Waals surface area contributed by atoms with Gasteiger partial charge in [-0.05, 0) is 29.8 Å². The fourth-order valence-electron chi connectivity index (χ4n) is 2.29. The van der Waals surface area contributed by atoms with E-state index in [1.807, 2.05) is 0 Å². The average Bonchev–Trinajstić information content (AvgIpc) is 2.98. The SMILES string of the molecule is COc1ccccc1NC(=O)c1nnn(Cc2ccc(F)cc2)c1N. The Bertz CT molecular complexity index is 892. The molecule has 1 aromatic heterocycles. The first-order valence-electron chi connectivity index (χ1n) is 7.46. The Kier molecular flexibility index (Phi) is 4.60. The molecule has 0 unspecified atom stereocenters. The second kappa shape index (κ2) is 7.00. The molecule has 1 amide bonds. The second-order valence-corrected chi connectivity index (χ2v) is 5.26. The Labute approximate surface area is 143 Å². The number of methoxy groups -OCH3 is 1. The number of amides is 1. The van der Waals surface area contributed by atoms with Crippen LogP contribution < -0.4 is 15.8 Å². The van der Waals surface area contributed by atoms with Gasteiger partial charge in [-0.2, -0.15) is 0 Å². The highest BCUT2D eigenvalue weighted by Crippen LogP contribution is 2.24. The van der Waals surface area contributed by atoms with E-state index in [9.17, 15) is 9.18 Å². The van der Waals surface area contributed by atoms with E-state index in [-0.39, 0.29) is 23.9 Å². The molecule has 3 N–H and O–H groups in total. The highest BCUT2D eigenvalue weighted by molar-refractivity contribution is 6.06. The van der Waals surface area contributed by atoms with Crippen LogP contribution in [0.1, 0.15) is 16.1 Å². The van der Waals surface area contributed by atoms with Crippen molar-refractivity contribution in [3.63, 3.8) is 0 Å². The predicted octanol–water partition coefficient (Wildman–Crippen LogP) is 2.31. The number of carbonyl (C=O) groups excluding carboxylic acids is 1. The Hall–Kier alpha value is -3.42. The largest absolute Gasteiger partial charge is 0.495 e. The highest BCUT2D eigenvalue weighted by atomic mass is 19.1. The molecule has 8 heteroatoms. The molecule has 0 aliphatic carbocycles. The number of benzene rings is 2. The fourth-order valence-corrected chi connectivity index (χ4v) is 2.29. The summed E-state index contributed by atoms with van der Waals surface area (Å²) >= 11 is 0. The molecule has 1 heterocycles. The van der Waals surface area contributed by atoms with Gasteiger partial charge in [0.15, 0.2) is 11.5 Å². The standard InChI is InChI=1S/C17H16FN5O2/c1-25-14-5-3-2-4-13(14)20-17(24)15-16(19)23(22-21-15)10-11-6-8-12(18)9-7-11/h2-9H,10,19H2,1H3,(H,20,24). The lowest BCUT2D eigenvalue weighted by molar-refractivity contribution is 0.102. The summed E-state index contributed by atoms with van der Waals surface area (Å²) in [5.74, 6) is -0.176. The molecule has 7 nitrogen and oxygen atoms in total. The van der Waals surface area contributed by atoms with E-state index in [1.54, 1.807) is 36.4 Å². The molecule has 0 fully saturated rings. The lowest BCUT2D eigenvalue weighted by Gasteiger charge is -2.09. The minimum atomic E-state index is -0.493. The van der Waals surface area contributed by atoms with Crippen LogP contribution in [0.2, 0.25) is 0 Å². The van der Waals surface area contributed by atoms with Crippen molar-refractivity contribution in [2.45, 2.75) is 6.54 Å². The zero-order valence-corrected chi connectivity index (χ0v) is 13.4. The second-order valence-electron chi connectivity index (χ2n) is 5.26. The van der Waals surface area contributed by atoms with Crippen LogP contribution in [-0.4, -0.2) is 28.0 Å². The van der Waals surface area contributed by atoms with Crippen LogP contribution >= 0.6 is 0 Å². The number of nitrogen functional groups attached to an aromatic ring is 1. The van der Waals surface area contributed by atoms with Crippen molar-refractivity contribution in [3.05, 3.63) is 65.6 Å². The third-order valence-electron chi connectivity index (χ3n) is 3.59. The summed E-state index contributed by atoms with van der Waals surface area (Å²) in [4.78, 5) is 12.4. The average molecular weight is 341 g/mol. The topological polar surface area (TPSA) is 95.1 Å². The number of nitrogens with two attached hydrogens (primary N) is 1. The van der Waals surface area contributed by atoms with Gasteiger partial charge in [0.2, 0.25) is 0 Å². The van der Waals surface area contributed by atoms with Crippen molar-refractivity contribution in [2.24, 2.45) is 0 Å². The van der Waals surface area contributed by atoms with E-state index >= 15 is 0 Å². The van der Waals surface area contributed by atoms with Crippen molar-refractivity contribution in [3.8, 4) is 5.75 Å². The molecule has 0 aliphatic heterocycles. The van der Waals surface area contributed by atoms with Crippen LogP contribution in [0.25, 0.3) is 0 Å². The number of hydrogen-bond acceptors (Lipinski definition) is 5. The van der Waals surface area contributed by atoms with Gasteiger partial charge in [0.25, 0.3) is 5.91 Å². The number of aromatic nitrogens is 3. The predicted molar refractivity (Wildman–Crippen MR) is 90.9 cm³/mol. The Morgan fingerprint density at radius 3 is 2.68 bits per heavy atom. The van der Waals surface area contributed by atoms with Crippen molar-refractivity contribution >= 4 is 17.4 Å². The number of ether oxygens (including phenoxy) is 1. The van der Waals surface area contributed by atoms with Crippen LogP contribution in [-0.2, 0) is 6.54 Å². The van der Waals surface area contributed by atoms with E-state index in [4.69, 9.17) is 10.5 Å². The summed E-state index contributed by atoms with van der Waals surface area (Å²) in [5.41, 5.74) is 7.27. The zero-order valence-electron chi connectivity index (χ0n) is 13.4. The Morgan fingerprint density at radius 2 is 1.96 bits per heavy atom. The van der Waals surface area contributed by atoms with Gasteiger partial charge in [-0.1, -0.05) is 29.5 Å². The maximum atomic E-state index is 13.0. The molecule has 2 aromatic carbocycles. The summed E-state index contributed by atoms with van der Waals surface area (Å²) in [6.45, 7) is 0.279. The van der Waals surface area contributed by atoms with Gasteiger partial charge in [0.1, 0.15) is 11.6 Å². The van der Waals surface area contributed by atoms with E-state index in [0.717, 1.165) is 5.56 Å². The molecular weight excluding hydrogens is 325 g/mol. The summed E-state index contributed by atoms with van der Waals surface area (Å²) in [7, 11) is 1.51. The van der Waals surface area contributed by atoms with Crippen LogP contribution in [0.5, 0.6) is 5.75 Å². The van der Waals surface area contributed by atoms with Crippen molar-refractivity contribution in [1.29, 1.82) is 0 Å². The van der Waals surface area contributed by atoms with E-state index < -0.39 is 5.91 Å². The first kappa shape index (κ1) is 16.4. The lowest BCUT2D eigenvalue weighted by atomic mass is 10.2. The van der Waals surface area contributed by atoms with E-state index in [0.29, 0.717) is 11.4 Å². The molecule has 0 saturated carbocycles. The number of halogens is 1. The lowest BCUT2D eigenvalue weighted by Crippen LogP contribution is -2.16. The van der Waals surface area contributed by atoms with Gasteiger partial charge in [-0.3, -0.25) is 4.79 Å². The third kappa shape index (κ3) is 3.57. The van der Waals surface area contributed by atoms with Gasteiger partial charge < -0.3 is 15.8 Å². The van der Waals surface area contributed by atoms with Crippen LogP contribution in [0, 0.1) is 5.82 Å². The summed E-state index contributed by atoms with van der Waals surface area (Å²) in [6.07, 6.45) is 0. The smallest absolute Gasteiger partial charge is 0.280 e. The minimum absolute atomic E-state index is 0.00742. The maximum Gasteiger partial charge on any atom is 0.280 e. The van der Waals surface area contributed by atoms with Crippen LogP contribution in [0.3, 0.4) is 0 Å². The molecule has 0 bridgehead atoms. The number of anilines is 2. The number of hydrogen-bond donors (Lipinski definition) is 2. The molecule has 128 valence electrons. The molecule has 0 atom stereocenters. The van der Waals surface area contributed by atoms with Crippen LogP contribution in [0.4, 0.5) is 15.9 Å². The van der Waals surface area contributed by atoms with Gasteiger partial charge in [-0.15, -0.1) is 5.10 Å². The minimum Gasteiger partial charge on any atom is -0.495 e. The maximum absolute atomic E-state index is 13.0. The summed E-state index contributed by atoms with van der Waals surface area (Å²) < 4.78 is 19.5. The molecule has 25 heavy (non-hydrogen) atoms. The number of nitrogens with zero attached hydrogens (tertiary/aromatic N) is 3. The third-order valence-corrected chi connectivity index (χ3v) is 3.59. The molecule has 3 aromatic rings. The Morgan fingerprint density at radius 1 is 1.24 bits per heavy atom. The van der Waals surface area contributed by atoms with Gasteiger partial charge in [0, 0.05) is 0 Å². The first-order valence-corrected chi connectivity index (χ1v) is 7.46. The number of rotatable bonds is 5. The molecule has 3 rings (SSSR count). The highest BCUT2D eigenvalue weighted by Gasteiger charge is 2.19. The van der Waals surface area contributed by atoms with Crippen molar-refractivity contribution in [1.82, 2.24) is 15.0 Å². The molecular formula is C17H16FN5O2. The fraction of sp³-hybridized carbons (Fsp3) is 0.118. The van der Waals surface area contributed by atoms with Gasteiger partial charge in [0.05, 0.1) is 19.3 Å². The molecule has 0 spiro atoms. The zero-order chi connectivity index (χ0) is 17.8. The number of carbonyl (C=O) groups is 1. The van der Waals surface area contributed by atoms with Crippen LogP contribution in [0.15, 0.2) is 48.5 Å². The van der Waals surface area contributed by atoms with E-state index in [2.05, 4.69) is 15.6 Å². The van der Waals surface area contributed by atoms with Gasteiger partial charge in [-0.25, -0.2) is 9.07 Å². The van der Waals surface area contributed by atoms with Crippen molar-refractivity contribution < 1.29 is 13.9 Å². The first-order chi connectivity index (χ1) is 12.1. The summed E-state index contributed by atoms with van der Waals surface area (Å²) in [6, 6.07) is 12.9. The number of nitrogens with one attached hydrogen (secondary N) is 1. The molecule has 0 aliphatic rings. The monoisotopic (exact) mass is 341 g/mol.